The van der Waals surface area contributed by atoms with Gasteiger partial charge in [0.25, 0.3) is 0 Å². The van der Waals surface area contributed by atoms with Crippen molar-refractivity contribution >= 4 is 8.80 Å². The van der Waals surface area contributed by atoms with Crippen molar-refractivity contribution in [3.63, 3.8) is 0 Å². The smallest absolute Gasteiger partial charge is 0.377 e. The number of halogens is 11. The fourth-order valence-electron chi connectivity index (χ4n) is 1.46. The third-order valence-electron chi connectivity index (χ3n) is 3.02. The predicted octanol–water partition coefficient (Wildman–Crippen LogP) is 4.46. The molecule has 0 aromatic rings. The molecule has 4 nitrogen and oxygen atoms in total. The topological polar surface area (TPSA) is 36.9 Å². The van der Waals surface area contributed by atoms with Gasteiger partial charge in [-0.15, -0.1) is 0 Å². The molecule has 0 N–H and O–H groups in total. The highest BCUT2D eigenvalue weighted by atomic mass is 28.4. The van der Waals surface area contributed by atoms with Crippen LogP contribution in [-0.4, -0.2) is 60.4 Å². The highest BCUT2D eigenvalue weighted by Gasteiger charge is 2.78. The van der Waals surface area contributed by atoms with E-state index in [0.717, 1.165) is 21.3 Å². The van der Waals surface area contributed by atoms with Gasteiger partial charge >= 0.3 is 39.0 Å². The van der Waals surface area contributed by atoms with Gasteiger partial charge in [0.1, 0.15) is 0 Å². The highest BCUT2D eigenvalue weighted by molar-refractivity contribution is 6.61. The second-order valence-electron chi connectivity index (χ2n) is 4.74. The van der Waals surface area contributed by atoms with Gasteiger partial charge < -0.3 is 13.3 Å². The Labute approximate surface area is 146 Å². The summed E-state index contributed by atoms with van der Waals surface area (Å²) in [4.78, 5) is 0. The van der Waals surface area contributed by atoms with Crippen molar-refractivity contribution in [2.24, 2.45) is 0 Å². The maximum atomic E-state index is 13.9. The van der Waals surface area contributed by atoms with E-state index in [4.69, 9.17) is 13.3 Å². The third kappa shape index (κ3) is 5.52. The van der Waals surface area contributed by atoms with E-state index in [0.29, 0.717) is 0 Å². The standard InChI is InChI=1S/C11H13F11O4Si/c1-23-27(24-2,25-3)6-4-5-7(12,9(15,16)17)26-11(21,22)8(13,14)10(18,19)20/h4-5H,6H2,1-3H3/b5-4+. The first-order chi connectivity index (χ1) is 11.8. The van der Waals surface area contributed by atoms with E-state index in [1.807, 2.05) is 0 Å². The normalized spacial score (nSPS) is 17.4. The summed E-state index contributed by atoms with van der Waals surface area (Å²) in [6.07, 6.45) is -21.0. The van der Waals surface area contributed by atoms with Gasteiger partial charge in [0.2, 0.25) is 0 Å². The van der Waals surface area contributed by atoms with Crippen LogP contribution in [0.25, 0.3) is 0 Å². The molecule has 0 bridgehead atoms. The molecule has 16 heteroatoms. The van der Waals surface area contributed by atoms with Crippen molar-refractivity contribution in [3.8, 4) is 0 Å². The molecule has 0 saturated heterocycles. The van der Waals surface area contributed by atoms with Crippen LogP contribution in [0.4, 0.5) is 48.3 Å². The van der Waals surface area contributed by atoms with Crippen molar-refractivity contribution in [1.29, 1.82) is 0 Å². The van der Waals surface area contributed by atoms with Crippen LogP contribution in [0.3, 0.4) is 0 Å². The first kappa shape index (κ1) is 26.0. The molecule has 0 rings (SSSR count). The van der Waals surface area contributed by atoms with E-state index in [1.54, 1.807) is 0 Å². The summed E-state index contributed by atoms with van der Waals surface area (Å²) in [7, 11) is -0.753. The molecule has 0 aliphatic rings. The van der Waals surface area contributed by atoms with E-state index >= 15 is 0 Å². The molecule has 27 heavy (non-hydrogen) atoms. The molecular weight excluding hydrogens is 433 g/mol. The fourth-order valence-corrected chi connectivity index (χ4v) is 2.86. The van der Waals surface area contributed by atoms with E-state index in [-0.39, 0.29) is 6.08 Å². The van der Waals surface area contributed by atoms with Crippen molar-refractivity contribution in [2.45, 2.75) is 36.3 Å². The summed E-state index contributed by atoms with van der Waals surface area (Å²) < 4.78 is 156. The summed E-state index contributed by atoms with van der Waals surface area (Å²) in [5.74, 6) is -12.8. The average molecular weight is 446 g/mol. The number of alkyl halides is 11. The fraction of sp³-hybridized carbons (Fsp3) is 0.818. The molecule has 0 aromatic heterocycles. The minimum absolute atomic E-state index is 0.137. The third-order valence-corrected chi connectivity index (χ3v) is 5.62. The Kier molecular flexibility index (Phi) is 7.89. The van der Waals surface area contributed by atoms with Gasteiger partial charge in [-0.3, -0.25) is 4.74 Å². The summed E-state index contributed by atoms with van der Waals surface area (Å²) in [5.41, 5.74) is 0. The number of ether oxygens (including phenoxy) is 1. The Hall–Kier alpha value is -0.973. The van der Waals surface area contributed by atoms with Crippen LogP contribution in [0.15, 0.2) is 12.2 Å². The maximum Gasteiger partial charge on any atom is 0.504 e. The Morgan fingerprint density at radius 3 is 1.41 bits per heavy atom. The monoisotopic (exact) mass is 446 g/mol. The molecule has 0 aliphatic heterocycles. The van der Waals surface area contributed by atoms with Gasteiger partial charge in [-0.05, 0) is 6.08 Å². The summed E-state index contributed by atoms with van der Waals surface area (Å²) in [5, 5.41) is 0. The molecule has 0 spiro atoms. The molecule has 0 aliphatic carbocycles. The SMILES string of the molecule is CO[Si](C/C=C/C(F)(OC(F)(F)C(F)(F)C(F)(F)F)C(F)(F)F)(OC)OC. The molecule has 0 fully saturated rings. The summed E-state index contributed by atoms with van der Waals surface area (Å²) in [6, 6.07) is -0.789. The first-order valence-corrected chi connectivity index (χ1v) is 8.39. The number of allylic oxidation sites excluding steroid dienone is 1. The van der Waals surface area contributed by atoms with Crippen LogP contribution in [0.1, 0.15) is 0 Å². The Morgan fingerprint density at radius 2 is 1.11 bits per heavy atom. The molecule has 0 saturated carbocycles. The van der Waals surface area contributed by atoms with Crippen molar-refractivity contribution in [2.75, 3.05) is 21.3 Å². The van der Waals surface area contributed by atoms with Crippen LogP contribution in [0.2, 0.25) is 6.04 Å². The zero-order chi connectivity index (χ0) is 21.9. The number of hydrogen-bond acceptors (Lipinski definition) is 4. The lowest BCUT2D eigenvalue weighted by atomic mass is 10.2. The first-order valence-electron chi connectivity index (χ1n) is 6.46. The maximum absolute atomic E-state index is 13.9. The van der Waals surface area contributed by atoms with Crippen LogP contribution in [0, 0.1) is 0 Å². The molecule has 1 unspecified atom stereocenters. The minimum Gasteiger partial charge on any atom is -0.377 e. The zero-order valence-electron chi connectivity index (χ0n) is 13.7. The summed E-state index contributed by atoms with van der Waals surface area (Å²) >= 11 is 0. The zero-order valence-corrected chi connectivity index (χ0v) is 14.7. The number of rotatable bonds is 9. The van der Waals surface area contributed by atoms with Gasteiger partial charge in [0, 0.05) is 27.4 Å². The van der Waals surface area contributed by atoms with Crippen molar-refractivity contribution < 1.29 is 66.3 Å². The Balaban J connectivity index is 5.84. The molecule has 1 atom stereocenters. The van der Waals surface area contributed by atoms with Gasteiger partial charge in [-0.25, -0.2) is 0 Å². The lowest BCUT2D eigenvalue weighted by Crippen LogP contribution is -2.58. The summed E-state index contributed by atoms with van der Waals surface area (Å²) in [6.45, 7) is 0. The molecule has 0 radical (unpaired) electrons. The van der Waals surface area contributed by atoms with Crippen molar-refractivity contribution in [3.05, 3.63) is 12.2 Å². The van der Waals surface area contributed by atoms with Crippen LogP contribution < -0.4 is 0 Å². The van der Waals surface area contributed by atoms with Crippen molar-refractivity contribution in [1.82, 2.24) is 0 Å². The van der Waals surface area contributed by atoms with Crippen LogP contribution >= 0.6 is 0 Å². The van der Waals surface area contributed by atoms with E-state index < -0.39 is 51.2 Å². The molecule has 0 aromatic carbocycles. The lowest BCUT2D eigenvalue weighted by Gasteiger charge is -2.33. The average Bonchev–Trinajstić information content (AvgIpc) is 2.49. The predicted molar refractivity (Wildman–Crippen MR) is 67.7 cm³/mol. The molecule has 162 valence electrons. The lowest BCUT2D eigenvalue weighted by molar-refractivity contribution is -0.473. The molecular formula is C11H13F11O4Si. The van der Waals surface area contributed by atoms with Crippen LogP contribution in [0.5, 0.6) is 0 Å². The molecule has 0 heterocycles. The van der Waals surface area contributed by atoms with Crippen LogP contribution in [-0.2, 0) is 18.0 Å². The highest BCUT2D eigenvalue weighted by Crippen LogP contribution is 2.51. The van der Waals surface area contributed by atoms with Gasteiger partial charge in [-0.1, -0.05) is 6.08 Å². The van der Waals surface area contributed by atoms with E-state index in [2.05, 4.69) is 4.74 Å². The Bertz CT molecular complexity index is 507. The molecule has 0 amide bonds. The number of hydrogen-bond donors (Lipinski definition) is 0. The minimum atomic E-state index is -7.11. The second-order valence-corrected chi connectivity index (χ2v) is 7.73. The van der Waals surface area contributed by atoms with Gasteiger partial charge in [0.05, 0.1) is 0 Å². The van der Waals surface area contributed by atoms with E-state index in [9.17, 15) is 48.3 Å². The quantitative estimate of drug-likeness (QED) is 0.298. The largest absolute Gasteiger partial charge is 0.504 e. The van der Waals surface area contributed by atoms with E-state index in [1.165, 1.54) is 0 Å². The van der Waals surface area contributed by atoms with Gasteiger partial charge in [0.15, 0.2) is 0 Å². The van der Waals surface area contributed by atoms with Gasteiger partial charge in [-0.2, -0.15) is 48.3 Å². The Morgan fingerprint density at radius 1 is 0.704 bits per heavy atom. The second kappa shape index (κ2) is 8.18.